The van der Waals surface area contributed by atoms with Gasteiger partial charge >= 0.3 is 0 Å². The minimum Gasteiger partial charge on any atom is -0.506 e. The molecule has 17 heavy (non-hydrogen) atoms. The first-order chi connectivity index (χ1) is 8.11. The van der Waals surface area contributed by atoms with Crippen LogP contribution in [0.3, 0.4) is 0 Å². The molecule has 0 spiro atoms. The maximum absolute atomic E-state index is 9.39. The Morgan fingerprint density at radius 3 is 2.59 bits per heavy atom. The second-order valence-corrected chi connectivity index (χ2v) is 4.17. The summed E-state index contributed by atoms with van der Waals surface area (Å²) >= 11 is 11.8. The van der Waals surface area contributed by atoms with E-state index < -0.39 is 0 Å². The fourth-order valence-corrected chi connectivity index (χ4v) is 1.84. The first-order valence-electron chi connectivity index (χ1n) is 4.65. The van der Waals surface area contributed by atoms with E-state index in [1.54, 1.807) is 12.3 Å². The van der Waals surface area contributed by atoms with Gasteiger partial charge in [-0.15, -0.1) is 0 Å². The summed E-state index contributed by atoms with van der Waals surface area (Å²) in [6.07, 6.45) is 3.04. The van der Waals surface area contributed by atoms with Gasteiger partial charge in [-0.1, -0.05) is 23.2 Å². The molecule has 0 unspecified atom stereocenters. The monoisotopic (exact) mass is 264 g/mol. The molecule has 2 rings (SSSR count). The van der Waals surface area contributed by atoms with Crippen LogP contribution in [0.2, 0.25) is 10.0 Å². The van der Waals surface area contributed by atoms with Crippen LogP contribution < -0.4 is 0 Å². The lowest BCUT2D eigenvalue weighted by Gasteiger charge is -2.06. The van der Waals surface area contributed by atoms with E-state index in [2.05, 4.69) is 4.98 Å². The molecular weight excluding hydrogens is 259 g/mol. The molecule has 0 aliphatic rings. The number of phenolic OH excluding ortho intramolecular Hbond substituents is 1. The zero-order chi connectivity index (χ0) is 12.4. The molecule has 0 saturated carbocycles. The molecule has 5 heteroatoms. The Balaban J connectivity index is 2.61. The maximum atomic E-state index is 9.39. The molecule has 0 radical (unpaired) electrons. The average molecular weight is 265 g/mol. The van der Waals surface area contributed by atoms with Gasteiger partial charge in [-0.05, 0) is 12.1 Å². The van der Waals surface area contributed by atoms with Gasteiger partial charge in [-0.3, -0.25) is 4.98 Å². The van der Waals surface area contributed by atoms with Crippen LogP contribution in [0.15, 0.2) is 30.6 Å². The van der Waals surface area contributed by atoms with Gasteiger partial charge < -0.3 is 5.11 Å². The third kappa shape index (κ3) is 2.33. The van der Waals surface area contributed by atoms with Gasteiger partial charge in [-0.2, -0.15) is 5.26 Å². The number of rotatable bonds is 1. The standard InChI is InChI=1S/C12H6Cl2N2O/c13-10-3-12(17)11(14)2-9(10)8-1-7(4-15)5-16-6-8/h1-3,5-6,17H. The first-order valence-corrected chi connectivity index (χ1v) is 5.41. The number of hydrogen-bond acceptors (Lipinski definition) is 3. The third-order valence-corrected chi connectivity index (χ3v) is 2.83. The lowest BCUT2D eigenvalue weighted by Crippen LogP contribution is -1.85. The van der Waals surface area contributed by atoms with E-state index in [1.807, 2.05) is 6.07 Å². The minimum atomic E-state index is -0.0789. The van der Waals surface area contributed by atoms with E-state index in [0.29, 0.717) is 21.7 Å². The molecule has 0 atom stereocenters. The molecule has 2 aromatic rings. The van der Waals surface area contributed by atoms with Crippen molar-refractivity contribution in [1.82, 2.24) is 4.98 Å². The summed E-state index contributed by atoms with van der Waals surface area (Å²) in [5.74, 6) is -0.0789. The van der Waals surface area contributed by atoms with Gasteiger partial charge in [0.2, 0.25) is 0 Å². The van der Waals surface area contributed by atoms with E-state index in [1.165, 1.54) is 18.3 Å². The number of pyridine rings is 1. The highest BCUT2D eigenvalue weighted by atomic mass is 35.5. The SMILES string of the molecule is N#Cc1cncc(-c2cc(Cl)c(O)cc2Cl)c1. The van der Waals surface area contributed by atoms with Crippen molar-refractivity contribution >= 4 is 23.2 Å². The van der Waals surface area contributed by atoms with Crippen LogP contribution in [0.4, 0.5) is 0 Å². The third-order valence-electron chi connectivity index (χ3n) is 2.21. The highest BCUT2D eigenvalue weighted by molar-refractivity contribution is 6.36. The second-order valence-electron chi connectivity index (χ2n) is 3.36. The highest BCUT2D eigenvalue weighted by Crippen LogP contribution is 2.35. The Kier molecular flexibility index (Phi) is 3.19. The summed E-state index contributed by atoms with van der Waals surface area (Å²) in [6.45, 7) is 0. The van der Waals surface area contributed by atoms with E-state index in [0.717, 1.165) is 0 Å². The van der Waals surface area contributed by atoms with Crippen LogP contribution in [0.25, 0.3) is 11.1 Å². The van der Waals surface area contributed by atoms with E-state index >= 15 is 0 Å². The minimum absolute atomic E-state index is 0.0789. The average Bonchev–Trinajstić information content (AvgIpc) is 2.34. The number of halogens is 2. The normalized spacial score (nSPS) is 9.94. The Hall–Kier alpha value is -1.76. The van der Waals surface area contributed by atoms with Crippen molar-refractivity contribution in [2.24, 2.45) is 0 Å². The largest absolute Gasteiger partial charge is 0.506 e. The van der Waals surface area contributed by atoms with Crippen molar-refractivity contribution in [3.63, 3.8) is 0 Å². The Labute approximate surface area is 108 Å². The van der Waals surface area contributed by atoms with Crippen molar-refractivity contribution in [1.29, 1.82) is 5.26 Å². The lowest BCUT2D eigenvalue weighted by molar-refractivity contribution is 0.475. The van der Waals surface area contributed by atoms with Gasteiger partial charge in [0.25, 0.3) is 0 Å². The zero-order valence-electron chi connectivity index (χ0n) is 8.48. The predicted octanol–water partition coefficient (Wildman–Crippen LogP) is 3.63. The number of phenols is 1. The van der Waals surface area contributed by atoms with Gasteiger partial charge in [0.1, 0.15) is 11.8 Å². The molecule has 1 aromatic heterocycles. The number of nitriles is 1. The van der Waals surface area contributed by atoms with Crippen molar-refractivity contribution in [3.05, 3.63) is 46.2 Å². The van der Waals surface area contributed by atoms with E-state index in [-0.39, 0.29) is 10.8 Å². The van der Waals surface area contributed by atoms with E-state index in [4.69, 9.17) is 28.5 Å². The number of aromatic hydroxyl groups is 1. The molecule has 0 aliphatic carbocycles. The molecule has 1 heterocycles. The zero-order valence-corrected chi connectivity index (χ0v) is 10.00. The number of aromatic nitrogens is 1. The Bertz CT molecular complexity index is 620. The molecule has 1 N–H and O–H groups in total. The number of nitrogens with zero attached hydrogens (tertiary/aromatic N) is 2. The van der Waals surface area contributed by atoms with Crippen LogP contribution in [0, 0.1) is 11.3 Å². The van der Waals surface area contributed by atoms with Gasteiger partial charge in [-0.25, -0.2) is 0 Å². The fourth-order valence-electron chi connectivity index (χ4n) is 1.41. The topological polar surface area (TPSA) is 56.9 Å². The van der Waals surface area contributed by atoms with Crippen LogP contribution in [-0.2, 0) is 0 Å². The van der Waals surface area contributed by atoms with Crippen LogP contribution >= 0.6 is 23.2 Å². The highest BCUT2D eigenvalue weighted by Gasteiger charge is 2.09. The molecule has 3 nitrogen and oxygen atoms in total. The predicted molar refractivity (Wildman–Crippen MR) is 66.1 cm³/mol. The molecule has 0 aliphatic heterocycles. The molecule has 1 aromatic carbocycles. The van der Waals surface area contributed by atoms with Crippen molar-refractivity contribution in [2.45, 2.75) is 0 Å². The molecular formula is C12H6Cl2N2O. The van der Waals surface area contributed by atoms with Crippen LogP contribution in [0.1, 0.15) is 5.56 Å². The van der Waals surface area contributed by atoms with Crippen LogP contribution in [0.5, 0.6) is 5.75 Å². The second kappa shape index (κ2) is 4.62. The van der Waals surface area contributed by atoms with Crippen molar-refractivity contribution in [3.8, 4) is 22.9 Å². The molecule has 0 bridgehead atoms. The Morgan fingerprint density at radius 1 is 1.12 bits per heavy atom. The molecule has 0 amide bonds. The summed E-state index contributed by atoms with van der Waals surface area (Å²) < 4.78 is 0. The summed E-state index contributed by atoms with van der Waals surface area (Å²) in [6, 6.07) is 6.55. The Morgan fingerprint density at radius 2 is 1.88 bits per heavy atom. The lowest BCUT2D eigenvalue weighted by atomic mass is 10.1. The molecule has 84 valence electrons. The quantitative estimate of drug-likeness (QED) is 0.856. The number of hydrogen-bond donors (Lipinski definition) is 1. The molecule has 0 fully saturated rings. The summed E-state index contributed by atoms with van der Waals surface area (Å²) in [5.41, 5.74) is 1.73. The number of benzene rings is 1. The van der Waals surface area contributed by atoms with Crippen molar-refractivity contribution < 1.29 is 5.11 Å². The van der Waals surface area contributed by atoms with Gasteiger partial charge in [0.05, 0.1) is 15.6 Å². The van der Waals surface area contributed by atoms with Crippen LogP contribution in [-0.4, -0.2) is 10.1 Å². The first kappa shape index (κ1) is 11.7. The molecule has 0 saturated heterocycles. The van der Waals surface area contributed by atoms with E-state index in [9.17, 15) is 5.11 Å². The summed E-state index contributed by atoms with van der Waals surface area (Å²) in [5, 5.41) is 18.7. The van der Waals surface area contributed by atoms with Gasteiger partial charge in [0.15, 0.2) is 0 Å². The summed E-state index contributed by atoms with van der Waals surface area (Å²) in [7, 11) is 0. The maximum Gasteiger partial charge on any atom is 0.135 e. The summed E-state index contributed by atoms with van der Waals surface area (Å²) in [4.78, 5) is 3.94. The van der Waals surface area contributed by atoms with Gasteiger partial charge in [0, 0.05) is 29.6 Å². The fraction of sp³-hybridized carbons (Fsp3) is 0. The smallest absolute Gasteiger partial charge is 0.135 e. The van der Waals surface area contributed by atoms with Crippen molar-refractivity contribution in [2.75, 3.05) is 0 Å².